The lowest BCUT2D eigenvalue weighted by Crippen LogP contribution is -2.32. The molecule has 1 atom stereocenters. The summed E-state index contributed by atoms with van der Waals surface area (Å²) in [4.78, 5) is 2.34. The summed E-state index contributed by atoms with van der Waals surface area (Å²) in [6.07, 6.45) is 1.05. The van der Waals surface area contributed by atoms with E-state index >= 15 is 0 Å². The predicted molar refractivity (Wildman–Crippen MR) is 77.3 cm³/mol. The zero-order chi connectivity index (χ0) is 13.5. The van der Waals surface area contributed by atoms with Gasteiger partial charge in [0.05, 0.1) is 13.2 Å². The number of rotatable bonds is 7. The van der Waals surface area contributed by atoms with Crippen molar-refractivity contribution in [2.75, 3.05) is 34.3 Å². The maximum atomic E-state index is 5.51. The van der Waals surface area contributed by atoms with E-state index in [0.29, 0.717) is 6.04 Å². The Kier molecular flexibility index (Phi) is 6.16. The van der Waals surface area contributed by atoms with Crippen molar-refractivity contribution in [2.45, 2.75) is 26.3 Å². The fraction of sp³-hybridized carbons (Fsp3) is 0.600. The number of hydrogen-bond acceptors (Lipinski definition) is 3. The molecule has 3 heteroatoms. The second-order valence-electron chi connectivity index (χ2n) is 4.58. The Morgan fingerprint density at radius 2 is 2.06 bits per heavy atom. The summed E-state index contributed by atoms with van der Waals surface area (Å²) in [5.41, 5.74) is 2.63. The van der Waals surface area contributed by atoms with E-state index in [-0.39, 0.29) is 0 Å². The van der Waals surface area contributed by atoms with Gasteiger partial charge in [0, 0.05) is 12.1 Å². The van der Waals surface area contributed by atoms with Gasteiger partial charge in [0.15, 0.2) is 0 Å². The smallest absolute Gasteiger partial charge is 0.123 e. The molecule has 102 valence electrons. The molecule has 0 aliphatic heterocycles. The first-order valence-corrected chi connectivity index (χ1v) is 6.69. The Balaban J connectivity index is 3.14. The van der Waals surface area contributed by atoms with E-state index in [2.05, 4.69) is 49.3 Å². The molecule has 0 saturated heterocycles. The van der Waals surface area contributed by atoms with Gasteiger partial charge in [-0.15, -0.1) is 0 Å². The minimum Gasteiger partial charge on any atom is -0.496 e. The van der Waals surface area contributed by atoms with Crippen molar-refractivity contribution in [3.8, 4) is 5.75 Å². The quantitative estimate of drug-likeness (QED) is 0.804. The van der Waals surface area contributed by atoms with Crippen molar-refractivity contribution in [3.63, 3.8) is 0 Å². The lowest BCUT2D eigenvalue weighted by molar-refractivity contribution is 0.247. The monoisotopic (exact) mass is 250 g/mol. The molecule has 1 unspecified atom stereocenters. The number of nitrogens with one attached hydrogen (secondary N) is 1. The molecule has 0 amide bonds. The summed E-state index contributed by atoms with van der Waals surface area (Å²) in [5, 5.41) is 3.27. The molecule has 0 aliphatic rings. The van der Waals surface area contributed by atoms with Crippen molar-refractivity contribution < 1.29 is 4.74 Å². The number of hydrogen-bond donors (Lipinski definition) is 1. The molecule has 0 radical (unpaired) electrons. The van der Waals surface area contributed by atoms with Crippen LogP contribution in [0.15, 0.2) is 18.2 Å². The van der Waals surface area contributed by atoms with Crippen LogP contribution in [-0.4, -0.2) is 39.2 Å². The van der Waals surface area contributed by atoms with Gasteiger partial charge in [-0.25, -0.2) is 0 Å². The molecule has 1 N–H and O–H groups in total. The Bertz CT molecular complexity index is 366. The molecule has 0 spiro atoms. The molecular weight excluding hydrogens is 224 g/mol. The fourth-order valence-electron chi connectivity index (χ4n) is 2.18. The van der Waals surface area contributed by atoms with Gasteiger partial charge in [0.25, 0.3) is 0 Å². The molecule has 0 heterocycles. The average molecular weight is 250 g/mol. The number of ether oxygens (including phenoxy) is 1. The van der Waals surface area contributed by atoms with Crippen LogP contribution in [0.25, 0.3) is 0 Å². The highest BCUT2D eigenvalue weighted by atomic mass is 16.5. The van der Waals surface area contributed by atoms with E-state index in [1.54, 1.807) is 7.11 Å². The van der Waals surface area contributed by atoms with E-state index < -0.39 is 0 Å². The number of aryl methyl sites for hydroxylation is 1. The third-order valence-corrected chi connectivity index (χ3v) is 3.49. The van der Waals surface area contributed by atoms with Crippen LogP contribution in [0.3, 0.4) is 0 Å². The standard InChI is InChI=1S/C15H26N2O/c1-6-12-8-9-15(18-5)13(10-12)14(11-16-3)17(4)7-2/h8-10,14,16H,6-7,11H2,1-5H3. The topological polar surface area (TPSA) is 24.5 Å². The van der Waals surface area contributed by atoms with Crippen molar-refractivity contribution >= 4 is 0 Å². The van der Waals surface area contributed by atoms with Gasteiger partial charge >= 0.3 is 0 Å². The summed E-state index contributed by atoms with van der Waals surface area (Å²) in [7, 11) is 5.89. The van der Waals surface area contributed by atoms with Crippen LogP contribution >= 0.6 is 0 Å². The second-order valence-corrected chi connectivity index (χ2v) is 4.58. The third kappa shape index (κ3) is 3.47. The number of methoxy groups -OCH3 is 1. The summed E-state index contributed by atoms with van der Waals surface area (Å²) >= 11 is 0. The lowest BCUT2D eigenvalue weighted by atomic mass is 10.00. The molecule has 3 nitrogen and oxygen atoms in total. The number of benzene rings is 1. The Morgan fingerprint density at radius 1 is 1.33 bits per heavy atom. The normalized spacial score (nSPS) is 12.8. The summed E-state index contributed by atoms with van der Waals surface area (Å²) in [5.74, 6) is 0.979. The Hall–Kier alpha value is -1.06. The molecular formula is C15H26N2O. The van der Waals surface area contributed by atoms with Gasteiger partial charge in [-0.05, 0) is 38.7 Å². The van der Waals surface area contributed by atoms with Gasteiger partial charge in [0.2, 0.25) is 0 Å². The van der Waals surface area contributed by atoms with Crippen molar-refractivity contribution in [3.05, 3.63) is 29.3 Å². The van der Waals surface area contributed by atoms with E-state index in [4.69, 9.17) is 4.74 Å². The van der Waals surface area contributed by atoms with Crippen LogP contribution in [0, 0.1) is 0 Å². The van der Waals surface area contributed by atoms with E-state index in [9.17, 15) is 0 Å². The lowest BCUT2D eigenvalue weighted by Gasteiger charge is -2.28. The van der Waals surface area contributed by atoms with E-state index in [1.165, 1.54) is 11.1 Å². The van der Waals surface area contributed by atoms with Crippen LogP contribution < -0.4 is 10.1 Å². The average Bonchev–Trinajstić information content (AvgIpc) is 2.43. The number of nitrogens with zero attached hydrogens (tertiary/aromatic N) is 1. The summed E-state index contributed by atoms with van der Waals surface area (Å²) in [6.45, 7) is 6.31. The highest BCUT2D eigenvalue weighted by Gasteiger charge is 2.19. The van der Waals surface area contributed by atoms with Crippen LogP contribution in [0.5, 0.6) is 5.75 Å². The zero-order valence-corrected chi connectivity index (χ0v) is 12.3. The van der Waals surface area contributed by atoms with Gasteiger partial charge in [-0.2, -0.15) is 0 Å². The zero-order valence-electron chi connectivity index (χ0n) is 12.3. The van der Waals surface area contributed by atoms with Crippen LogP contribution in [-0.2, 0) is 6.42 Å². The van der Waals surface area contributed by atoms with Gasteiger partial charge in [-0.3, -0.25) is 4.90 Å². The first kappa shape index (κ1) is 15.0. The van der Waals surface area contributed by atoms with Crippen LogP contribution in [0.2, 0.25) is 0 Å². The highest BCUT2D eigenvalue weighted by Crippen LogP contribution is 2.29. The van der Waals surface area contributed by atoms with E-state index in [1.807, 2.05) is 7.05 Å². The van der Waals surface area contributed by atoms with Crippen LogP contribution in [0.1, 0.15) is 31.0 Å². The largest absolute Gasteiger partial charge is 0.496 e. The molecule has 0 saturated carbocycles. The minimum atomic E-state index is 0.349. The maximum Gasteiger partial charge on any atom is 0.123 e. The second kappa shape index (κ2) is 7.39. The fourth-order valence-corrected chi connectivity index (χ4v) is 2.18. The van der Waals surface area contributed by atoms with Crippen molar-refractivity contribution in [1.29, 1.82) is 0 Å². The summed E-state index contributed by atoms with van der Waals surface area (Å²) in [6, 6.07) is 6.85. The van der Waals surface area contributed by atoms with Crippen LogP contribution in [0.4, 0.5) is 0 Å². The molecule has 1 rings (SSSR count). The maximum absolute atomic E-state index is 5.51. The number of likely N-dealkylation sites (N-methyl/N-ethyl adjacent to an activating group) is 2. The van der Waals surface area contributed by atoms with Gasteiger partial charge in [-0.1, -0.05) is 26.0 Å². The molecule has 1 aromatic carbocycles. The van der Waals surface area contributed by atoms with E-state index in [0.717, 1.165) is 25.3 Å². The third-order valence-electron chi connectivity index (χ3n) is 3.49. The Labute approximate surface area is 111 Å². The summed E-state index contributed by atoms with van der Waals surface area (Å²) < 4.78 is 5.51. The highest BCUT2D eigenvalue weighted by molar-refractivity contribution is 5.39. The molecule has 18 heavy (non-hydrogen) atoms. The Morgan fingerprint density at radius 3 is 2.56 bits per heavy atom. The predicted octanol–water partition coefficient (Wildman–Crippen LogP) is 2.47. The van der Waals surface area contributed by atoms with Crippen molar-refractivity contribution in [2.24, 2.45) is 0 Å². The molecule has 0 bridgehead atoms. The van der Waals surface area contributed by atoms with Crippen molar-refractivity contribution in [1.82, 2.24) is 10.2 Å². The first-order valence-electron chi connectivity index (χ1n) is 6.69. The SMILES string of the molecule is CCc1ccc(OC)c(C(CNC)N(C)CC)c1. The minimum absolute atomic E-state index is 0.349. The van der Waals surface area contributed by atoms with Gasteiger partial charge < -0.3 is 10.1 Å². The molecule has 0 fully saturated rings. The molecule has 0 aromatic heterocycles. The molecule has 1 aromatic rings. The molecule has 0 aliphatic carbocycles. The van der Waals surface area contributed by atoms with Gasteiger partial charge in [0.1, 0.15) is 5.75 Å². The first-order chi connectivity index (χ1) is 8.67.